The van der Waals surface area contributed by atoms with E-state index >= 15 is 0 Å². The SMILES string of the molecule is CC(N)C(NC(=O)c1ccc(C#Cc2ccc(CNCC(F)(F)F)cc2)cc1)C(N)=O. The van der Waals surface area contributed by atoms with Crippen LogP contribution < -0.4 is 22.1 Å². The Morgan fingerprint density at radius 1 is 1.00 bits per heavy atom. The van der Waals surface area contributed by atoms with E-state index in [0.717, 1.165) is 0 Å². The molecular formula is C22H23F3N4O2. The third-order valence-electron chi connectivity index (χ3n) is 4.23. The van der Waals surface area contributed by atoms with Gasteiger partial charge in [-0.2, -0.15) is 13.2 Å². The quantitative estimate of drug-likeness (QED) is 0.499. The van der Waals surface area contributed by atoms with Gasteiger partial charge in [-0.25, -0.2) is 0 Å². The maximum atomic E-state index is 12.2. The van der Waals surface area contributed by atoms with E-state index < -0.39 is 36.6 Å². The fourth-order valence-corrected chi connectivity index (χ4v) is 2.59. The van der Waals surface area contributed by atoms with Crippen LogP contribution in [0.15, 0.2) is 48.5 Å². The van der Waals surface area contributed by atoms with Gasteiger partial charge in [0.1, 0.15) is 6.04 Å². The molecule has 2 rings (SSSR count). The molecule has 0 aliphatic heterocycles. The summed E-state index contributed by atoms with van der Waals surface area (Å²) in [7, 11) is 0. The highest BCUT2D eigenvalue weighted by Crippen LogP contribution is 2.13. The lowest BCUT2D eigenvalue weighted by atomic mass is 10.1. The first-order valence-electron chi connectivity index (χ1n) is 9.39. The second-order valence-electron chi connectivity index (χ2n) is 6.96. The van der Waals surface area contributed by atoms with Gasteiger partial charge in [0.2, 0.25) is 5.91 Å². The number of amides is 2. The summed E-state index contributed by atoms with van der Waals surface area (Å²) in [6.45, 7) is 0.632. The first-order chi connectivity index (χ1) is 14.5. The highest BCUT2D eigenvalue weighted by atomic mass is 19.4. The molecule has 0 saturated carbocycles. The minimum atomic E-state index is -4.24. The molecule has 0 radical (unpaired) electrons. The first kappa shape index (κ1) is 23.9. The Bertz CT molecular complexity index is 959. The van der Waals surface area contributed by atoms with Crippen molar-refractivity contribution in [2.75, 3.05) is 6.54 Å². The van der Waals surface area contributed by atoms with E-state index in [4.69, 9.17) is 11.5 Å². The zero-order chi connectivity index (χ0) is 23.0. The highest BCUT2D eigenvalue weighted by Gasteiger charge is 2.26. The van der Waals surface area contributed by atoms with Crippen molar-refractivity contribution in [2.45, 2.75) is 31.7 Å². The average molecular weight is 432 g/mol. The minimum absolute atomic E-state index is 0.107. The standard InChI is InChI=1S/C22H23F3N4O2/c1-14(26)19(20(27)30)29-21(31)18-10-8-16(9-11-18)3-2-15-4-6-17(7-5-15)12-28-13-22(23,24)25/h4-11,14,19,28H,12-13,26H2,1H3,(H2,27,30)(H,29,31). The molecule has 0 spiro atoms. The van der Waals surface area contributed by atoms with E-state index in [2.05, 4.69) is 22.5 Å². The van der Waals surface area contributed by atoms with Gasteiger partial charge in [-0.15, -0.1) is 0 Å². The van der Waals surface area contributed by atoms with Crippen molar-refractivity contribution in [1.82, 2.24) is 10.6 Å². The largest absolute Gasteiger partial charge is 0.401 e. The second kappa shape index (κ2) is 10.6. The van der Waals surface area contributed by atoms with Gasteiger partial charge >= 0.3 is 6.18 Å². The summed E-state index contributed by atoms with van der Waals surface area (Å²) in [5.41, 5.74) is 13.3. The summed E-state index contributed by atoms with van der Waals surface area (Å²) in [4.78, 5) is 23.6. The number of nitrogens with two attached hydrogens (primary N) is 2. The molecule has 0 aromatic heterocycles. The number of hydrogen-bond acceptors (Lipinski definition) is 4. The Morgan fingerprint density at radius 2 is 1.52 bits per heavy atom. The van der Waals surface area contributed by atoms with Crippen LogP contribution in [-0.4, -0.2) is 36.6 Å². The van der Waals surface area contributed by atoms with Crippen LogP contribution in [0.1, 0.15) is 34.0 Å². The van der Waals surface area contributed by atoms with Crippen LogP contribution in [0.25, 0.3) is 0 Å². The van der Waals surface area contributed by atoms with Crippen molar-refractivity contribution in [2.24, 2.45) is 11.5 Å². The molecule has 6 N–H and O–H groups in total. The van der Waals surface area contributed by atoms with E-state index in [1.807, 2.05) is 0 Å². The molecule has 2 amide bonds. The molecule has 0 fully saturated rings. The van der Waals surface area contributed by atoms with Crippen LogP contribution in [0.5, 0.6) is 0 Å². The molecule has 0 heterocycles. The zero-order valence-electron chi connectivity index (χ0n) is 16.8. The monoisotopic (exact) mass is 432 g/mol. The van der Waals surface area contributed by atoms with Gasteiger partial charge in [-0.05, 0) is 48.9 Å². The highest BCUT2D eigenvalue weighted by molar-refractivity contribution is 5.97. The number of nitrogens with one attached hydrogen (secondary N) is 2. The van der Waals surface area contributed by atoms with Gasteiger partial charge in [-0.1, -0.05) is 24.0 Å². The molecule has 0 aliphatic rings. The van der Waals surface area contributed by atoms with Crippen molar-refractivity contribution in [3.63, 3.8) is 0 Å². The number of primary amides is 1. The number of benzene rings is 2. The third kappa shape index (κ3) is 8.12. The van der Waals surface area contributed by atoms with Gasteiger partial charge in [0, 0.05) is 29.3 Å². The van der Waals surface area contributed by atoms with Crippen LogP contribution in [0.4, 0.5) is 13.2 Å². The lowest BCUT2D eigenvalue weighted by molar-refractivity contribution is -0.125. The number of hydrogen-bond donors (Lipinski definition) is 4. The lowest BCUT2D eigenvalue weighted by Gasteiger charge is -2.18. The number of carbonyl (C=O) groups is 2. The summed E-state index contributed by atoms with van der Waals surface area (Å²) in [6, 6.07) is 11.7. The van der Waals surface area contributed by atoms with Gasteiger partial charge in [0.05, 0.1) is 6.54 Å². The van der Waals surface area contributed by atoms with Crippen LogP contribution >= 0.6 is 0 Å². The Hall–Kier alpha value is -3.35. The lowest BCUT2D eigenvalue weighted by Crippen LogP contribution is -2.53. The fraction of sp³-hybridized carbons (Fsp3) is 0.273. The topological polar surface area (TPSA) is 110 Å². The van der Waals surface area contributed by atoms with Crippen LogP contribution in [0.2, 0.25) is 0 Å². The molecule has 9 heteroatoms. The van der Waals surface area contributed by atoms with E-state index in [0.29, 0.717) is 22.3 Å². The number of halogens is 3. The summed E-state index contributed by atoms with van der Waals surface area (Å²) in [6.07, 6.45) is -4.24. The molecule has 2 unspecified atom stereocenters. The predicted octanol–water partition coefficient (Wildman–Crippen LogP) is 1.67. The van der Waals surface area contributed by atoms with Gasteiger partial charge in [0.15, 0.2) is 0 Å². The smallest absolute Gasteiger partial charge is 0.368 e. The normalized spacial score (nSPS) is 12.9. The third-order valence-corrected chi connectivity index (χ3v) is 4.23. The van der Waals surface area contributed by atoms with E-state index in [-0.39, 0.29) is 6.54 Å². The molecule has 0 bridgehead atoms. The molecule has 31 heavy (non-hydrogen) atoms. The van der Waals surface area contributed by atoms with Crippen LogP contribution in [0.3, 0.4) is 0 Å². The van der Waals surface area contributed by atoms with Gasteiger partial charge < -0.3 is 22.1 Å². The molecule has 164 valence electrons. The van der Waals surface area contributed by atoms with E-state index in [1.54, 1.807) is 55.5 Å². The Kier molecular flexibility index (Phi) is 8.19. The van der Waals surface area contributed by atoms with Gasteiger partial charge in [0.25, 0.3) is 5.91 Å². The maximum absolute atomic E-state index is 12.2. The Labute approximate surface area is 178 Å². The molecule has 6 nitrogen and oxygen atoms in total. The molecule has 2 atom stereocenters. The fourth-order valence-electron chi connectivity index (χ4n) is 2.59. The molecular weight excluding hydrogens is 409 g/mol. The summed E-state index contributed by atoms with van der Waals surface area (Å²) in [5.74, 6) is 4.71. The van der Waals surface area contributed by atoms with Crippen LogP contribution in [-0.2, 0) is 11.3 Å². The number of carbonyl (C=O) groups excluding carboxylic acids is 2. The summed E-state index contributed by atoms with van der Waals surface area (Å²) in [5, 5.41) is 4.83. The average Bonchev–Trinajstić information content (AvgIpc) is 2.70. The molecule has 0 saturated heterocycles. The number of alkyl halides is 3. The van der Waals surface area contributed by atoms with E-state index in [1.165, 1.54) is 0 Å². The second-order valence-corrected chi connectivity index (χ2v) is 6.96. The summed E-state index contributed by atoms with van der Waals surface area (Å²) >= 11 is 0. The minimum Gasteiger partial charge on any atom is -0.368 e. The molecule has 2 aromatic carbocycles. The van der Waals surface area contributed by atoms with Crippen molar-refractivity contribution < 1.29 is 22.8 Å². The van der Waals surface area contributed by atoms with Crippen molar-refractivity contribution in [3.05, 3.63) is 70.8 Å². The predicted molar refractivity (Wildman–Crippen MR) is 111 cm³/mol. The van der Waals surface area contributed by atoms with E-state index in [9.17, 15) is 22.8 Å². The van der Waals surface area contributed by atoms with Crippen molar-refractivity contribution in [1.29, 1.82) is 0 Å². The van der Waals surface area contributed by atoms with Crippen molar-refractivity contribution >= 4 is 11.8 Å². The zero-order valence-corrected chi connectivity index (χ0v) is 16.8. The van der Waals surface area contributed by atoms with Crippen molar-refractivity contribution in [3.8, 4) is 11.8 Å². The first-order valence-corrected chi connectivity index (χ1v) is 9.39. The Balaban J connectivity index is 1.96. The molecule has 2 aromatic rings. The Morgan fingerprint density at radius 3 is 1.97 bits per heavy atom. The van der Waals surface area contributed by atoms with Crippen LogP contribution in [0, 0.1) is 11.8 Å². The number of rotatable bonds is 7. The molecule has 0 aliphatic carbocycles. The maximum Gasteiger partial charge on any atom is 0.401 e. The summed E-state index contributed by atoms with van der Waals surface area (Å²) < 4.78 is 36.4. The van der Waals surface area contributed by atoms with Gasteiger partial charge in [-0.3, -0.25) is 9.59 Å².